The molecule has 33 heavy (non-hydrogen) atoms. The summed E-state index contributed by atoms with van der Waals surface area (Å²) < 4.78 is 32.6. The van der Waals surface area contributed by atoms with Crippen molar-refractivity contribution >= 4 is 6.09 Å². The smallest absolute Gasteiger partial charge is 0.410 e. The predicted octanol–water partition coefficient (Wildman–Crippen LogP) is 4.53. The van der Waals surface area contributed by atoms with E-state index in [9.17, 15) is 18.7 Å². The maximum absolute atomic E-state index is 13.6. The second-order valence-corrected chi connectivity index (χ2v) is 9.44. The first-order chi connectivity index (χ1) is 15.8. The summed E-state index contributed by atoms with van der Waals surface area (Å²) in [5.74, 6) is -0.817. The summed E-state index contributed by atoms with van der Waals surface area (Å²) in [6.07, 6.45) is 1.94. The van der Waals surface area contributed by atoms with E-state index in [-0.39, 0.29) is 35.8 Å². The van der Waals surface area contributed by atoms with Gasteiger partial charge in [0.2, 0.25) is 0 Å². The summed E-state index contributed by atoms with van der Waals surface area (Å²) >= 11 is 0. The van der Waals surface area contributed by atoms with Crippen LogP contribution in [-0.2, 0) is 10.3 Å². The van der Waals surface area contributed by atoms with Crippen LogP contribution in [0.25, 0.3) is 0 Å². The van der Waals surface area contributed by atoms with Crippen LogP contribution in [0.15, 0.2) is 48.5 Å². The van der Waals surface area contributed by atoms with Crippen molar-refractivity contribution in [3.05, 3.63) is 71.3 Å². The molecule has 2 aliphatic heterocycles. The molecular weight excluding hydrogens is 426 g/mol. The number of hydrogen-bond donors (Lipinski definition) is 1. The maximum atomic E-state index is 13.6. The molecule has 0 radical (unpaired) electrons. The third-order valence-electron chi connectivity index (χ3n) is 7.04. The monoisotopic (exact) mass is 458 g/mol. The van der Waals surface area contributed by atoms with Gasteiger partial charge in [0.05, 0.1) is 6.54 Å². The van der Waals surface area contributed by atoms with Crippen LogP contribution in [0.4, 0.5) is 13.6 Å². The standard InChI is InChI=1S/C26H32F2N2O3/c1-18(2)30-17-24(33-25(30)31)13-16-29-14-11-21(12-15-29)26(32,19-3-7-22(27)8-4-19)20-5-9-23(28)10-6-20/h3-10,18,21,24,32H,11-17H2,1-2H3. The van der Waals surface area contributed by atoms with Crippen molar-refractivity contribution in [1.82, 2.24) is 9.80 Å². The van der Waals surface area contributed by atoms with E-state index in [2.05, 4.69) is 4.90 Å². The molecule has 1 unspecified atom stereocenters. The lowest BCUT2D eigenvalue weighted by molar-refractivity contribution is -0.0155. The SMILES string of the molecule is CC(C)N1CC(CCN2CCC(C(O)(c3ccc(F)cc3)c3ccc(F)cc3)CC2)OC1=O. The lowest BCUT2D eigenvalue weighted by Crippen LogP contribution is -2.45. The van der Waals surface area contributed by atoms with E-state index in [1.54, 1.807) is 29.2 Å². The van der Waals surface area contributed by atoms with Crippen molar-refractivity contribution in [2.75, 3.05) is 26.2 Å². The number of amides is 1. The second kappa shape index (κ2) is 9.77. The normalized spacial score (nSPS) is 20.5. The molecule has 2 fully saturated rings. The molecule has 2 saturated heterocycles. The molecule has 2 aliphatic rings. The Hall–Kier alpha value is -2.51. The number of ether oxygens (including phenoxy) is 1. The van der Waals surface area contributed by atoms with Gasteiger partial charge in [0.15, 0.2) is 0 Å². The van der Waals surface area contributed by atoms with Gasteiger partial charge in [0, 0.05) is 12.6 Å². The van der Waals surface area contributed by atoms with E-state index >= 15 is 0 Å². The first kappa shape index (κ1) is 23.6. The van der Waals surface area contributed by atoms with Crippen LogP contribution >= 0.6 is 0 Å². The van der Waals surface area contributed by atoms with Gasteiger partial charge in [-0.2, -0.15) is 0 Å². The van der Waals surface area contributed by atoms with E-state index in [4.69, 9.17) is 4.74 Å². The Morgan fingerprint density at radius 1 is 1.00 bits per heavy atom. The lowest BCUT2D eigenvalue weighted by Gasteiger charge is -2.42. The van der Waals surface area contributed by atoms with Crippen molar-refractivity contribution in [2.24, 2.45) is 5.92 Å². The molecule has 1 amide bonds. The lowest BCUT2D eigenvalue weighted by atomic mass is 9.72. The van der Waals surface area contributed by atoms with E-state index in [1.807, 2.05) is 13.8 Å². The van der Waals surface area contributed by atoms with Crippen molar-refractivity contribution in [2.45, 2.75) is 50.9 Å². The van der Waals surface area contributed by atoms with E-state index in [0.29, 0.717) is 17.7 Å². The zero-order valence-electron chi connectivity index (χ0n) is 19.2. The molecule has 0 bridgehead atoms. The molecular formula is C26H32F2N2O3. The first-order valence-corrected chi connectivity index (χ1v) is 11.7. The number of benzene rings is 2. The van der Waals surface area contributed by atoms with Crippen molar-refractivity contribution in [3.8, 4) is 0 Å². The summed E-state index contributed by atoms with van der Waals surface area (Å²) in [5.41, 5.74) is -0.104. The number of piperidine rings is 1. The number of carbonyl (C=O) groups is 1. The molecule has 0 spiro atoms. The van der Waals surface area contributed by atoms with Gasteiger partial charge in [0.25, 0.3) is 0 Å². The maximum Gasteiger partial charge on any atom is 0.410 e. The molecule has 0 aromatic heterocycles. The second-order valence-electron chi connectivity index (χ2n) is 9.44. The van der Waals surface area contributed by atoms with Crippen LogP contribution in [0.5, 0.6) is 0 Å². The number of cyclic esters (lactones) is 1. The molecule has 2 aromatic carbocycles. The topological polar surface area (TPSA) is 53.0 Å². The van der Waals surface area contributed by atoms with Gasteiger partial charge < -0.3 is 19.6 Å². The van der Waals surface area contributed by atoms with E-state index in [1.165, 1.54) is 24.3 Å². The molecule has 2 heterocycles. The Kier molecular flexibility index (Phi) is 7.00. The fourth-order valence-electron chi connectivity index (χ4n) is 5.06. The number of likely N-dealkylation sites (tertiary alicyclic amines) is 1. The summed E-state index contributed by atoms with van der Waals surface area (Å²) in [6.45, 7) is 7.01. The average molecular weight is 459 g/mol. The van der Waals surface area contributed by atoms with Crippen LogP contribution in [0.2, 0.25) is 0 Å². The molecule has 0 aliphatic carbocycles. The zero-order valence-corrected chi connectivity index (χ0v) is 19.2. The first-order valence-electron chi connectivity index (χ1n) is 11.7. The van der Waals surface area contributed by atoms with E-state index < -0.39 is 5.60 Å². The molecule has 4 rings (SSSR count). The number of rotatable bonds is 7. The van der Waals surface area contributed by atoms with E-state index in [0.717, 1.165) is 38.9 Å². The fourth-order valence-corrected chi connectivity index (χ4v) is 5.06. The fraction of sp³-hybridized carbons (Fsp3) is 0.500. The highest BCUT2D eigenvalue weighted by molar-refractivity contribution is 5.70. The van der Waals surface area contributed by atoms with Crippen LogP contribution in [0.1, 0.15) is 44.2 Å². The molecule has 0 saturated carbocycles. The van der Waals surface area contributed by atoms with Crippen molar-refractivity contribution < 1.29 is 23.4 Å². The van der Waals surface area contributed by atoms with Crippen molar-refractivity contribution in [3.63, 3.8) is 0 Å². The summed E-state index contributed by atoms with van der Waals surface area (Å²) in [7, 11) is 0. The number of carbonyl (C=O) groups excluding carboxylic acids is 1. The quantitative estimate of drug-likeness (QED) is 0.662. The Bertz CT molecular complexity index is 896. The van der Waals surface area contributed by atoms with Crippen LogP contribution in [-0.4, -0.2) is 59.3 Å². The van der Waals surface area contributed by atoms with Crippen LogP contribution in [0, 0.1) is 17.6 Å². The average Bonchev–Trinajstić information content (AvgIpc) is 3.19. The molecule has 178 valence electrons. The third-order valence-corrected chi connectivity index (χ3v) is 7.04. The van der Waals surface area contributed by atoms with Gasteiger partial charge in [-0.15, -0.1) is 0 Å². The van der Waals surface area contributed by atoms with Gasteiger partial charge in [-0.1, -0.05) is 24.3 Å². The minimum Gasteiger partial charge on any atom is -0.444 e. The number of nitrogens with zero attached hydrogens (tertiary/aromatic N) is 2. The third kappa shape index (κ3) is 5.04. The zero-order chi connectivity index (χ0) is 23.6. The predicted molar refractivity (Wildman–Crippen MR) is 122 cm³/mol. The summed E-state index contributed by atoms with van der Waals surface area (Å²) in [5, 5.41) is 11.9. The highest BCUT2D eigenvalue weighted by Crippen LogP contribution is 2.42. The highest BCUT2D eigenvalue weighted by Gasteiger charge is 2.42. The molecule has 5 nitrogen and oxygen atoms in total. The van der Waals surface area contributed by atoms with Crippen LogP contribution < -0.4 is 0 Å². The molecule has 1 N–H and O–H groups in total. The molecule has 1 atom stereocenters. The van der Waals surface area contributed by atoms with Gasteiger partial charge >= 0.3 is 6.09 Å². The Morgan fingerprint density at radius 2 is 1.52 bits per heavy atom. The Labute approximate surface area is 194 Å². The molecule has 7 heteroatoms. The Morgan fingerprint density at radius 3 is 1.97 bits per heavy atom. The molecule has 2 aromatic rings. The summed E-state index contributed by atoms with van der Waals surface area (Å²) in [4.78, 5) is 16.0. The van der Waals surface area contributed by atoms with Gasteiger partial charge in [-0.3, -0.25) is 0 Å². The van der Waals surface area contributed by atoms with Crippen LogP contribution in [0.3, 0.4) is 0 Å². The number of halogens is 2. The van der Waals surface area contributed by atoms with Gasteiger partial charge in [-0.25, -0.2) is 13.6 Å². The summed E-state index contributed by atoms with van der Waals surface area (Å²) in [6, 6.07) is 12.0. The highest BCUT2D eigenvalue weighted by atomic mass is 19.1. The number of hydrogen-bond acceptors (Lipinski definition) is 4. The largest absolute Gasteiger partial charge is 0.444 e. The number of aliphatic hydroxyl groups is 1. The van der Waals surface area contributed by atoms with Gasteiger partial charge in [0.1, 0.15) is 23.3 Å². The minimum absolute atomic E-state index is 0.0898. The van der Waals surface area contributed by atoms with Gasteiger partial charge in [-0.05, 0) is 87.5 Å². The Balaban J connectivity index is 1.42. The van der Waals surface area contributed by atoms with Crippen molar-refractivity contribution in [1.29, 1.82) is 0 Å². The minimum atomic E-state index is -1.33.